The van der Waals surface area contributed by atoms with Crippen molar-refractivity contribution >= 4 is 6.41 Å². The van der Waals surface area contributed by atoms with Gasteiger partial charge in [0.2, 0.25) is 6.41 Å². The minimum atomic E-state index is 0.250. The van der Waals surface area contributed by atoms with Crippen molar-refractivity contribution in [3.8, 4) is 0 Å². The third-order valence-corrected chi connectivity index (χ3v) is 2.17. The first-order chi connectivity index (χ1) is 6.11. The smallest absolute Gasteiger partial charge is 0.204 e. The molecule has 1 rings (SSSR count). The van der Waals surface area contributed by atoms with E-state index >= 15 is 0 Å². The van der Waals surface area contributed by atoms with Gasteiger partial charge in [-0.05, 0) is 18.9 Å². The second-order valence-corrected chi connectivity index (χ2v) is 3.31. The van der Waals surface area contributed by atoms with E-state index in [1.54, 1.807) is 0 Å². The molecule has 1 aliphatic rings. The molecule has 3 heteroatoms. The van der Waals surface area contributed by atoms with Gasteiger partial charge in [-0.25, -0.2) is 0 Å². The topological polar surface area (TPSA) is 46.3 Å². The molecule has 3 nitrogen and oxygen atoms in total. The monoisotopic (exact) mass is 188 g/mol. The van der Waals surface area contributed by atoms with Crippen LogP contribution in [-0.2, 0) is 4.79 Å². The van der Waals surface area contributed by atoms with Gasteiger partial charge in [-0.3, -0.25) is 4.79 Å². The van der Waals surface area contributed by atoms with Crippen molar-refractivity contribution in [1.29, 1.82) is 0 Å². The fourth-order valence-corrected chi connectivity index (χ4v) is 1.42. The largest absolute Gasteiger partial charge is 0.372 e. The minimum Gasteiger partial charge on any atom is -0.372 e. The molecule has 2 N–H and O–H groups in total. The van der Waals surface area contributed by atoms with E-state index in [-0.39, 0.29) is 6.41 Å². The second kappa shape index (κ2) is 9.52. The summed E-state index contributed by atoms with van der Waals surface area (Å²) in [4.78, 5) is 11.0. The summed E-state index contributed by atoms with van der Waals surface area (Å²) in [6.45, 7) is 11.2. The first kappa shape index (κ1) is 14.9. The molecule has 0 saturated carbocycles. The number of primary amides is 1. The highest BCUT2D eigenvalue weighted by Gasteiger charge is 2.22. The van der Waals surface area contributed by atoms with E-state index in [0.29, 0.717) is 0 Å². The van der Waals surface area contributed by atoms with Crippen molar-refractivity contribution < 1.29 is 4.79 Å². The lowest BCUT2D eigenvalue weighted by molar-refractivity contribution is -0.106. The molecule has 1 fully saturated rings. The van der Waals surface area contributed by atoms with Crippen molar-refractivity contribution in [1.82, 2.24) is 4.90 Å². The highest BCUT2D eigenvalue weighted by molar-refractivity contribution is 5.42. The van der Waals surface area contributed by atoms with E-state index in [0.717, 1.165) is 11.8 Å². The van der Waals surface area contributed by atoms with Gasteiger partial charge in [0.25, 0.3) is 0 Å². The van der Waals surface area contributed by atoms with Crippen LogP contribution in [0.5, 0.6) is 0 Å². The van der Waals surface area contributed by atoms with Crippen molar-refractivity contribution in [2.75, 3.05) is 20.1 Å². The van der Waals surface area contributed by atoms with Gasteiger partial charge in [-0.15, -0.1) is 0 Å². The molecule has 0 aliphatic carbocycles. The summed E-state index contributed by atoms with van der Waals surface area (Å²) < 4.78 is 0. The predicted molar refractivity (Wildman–Crippen MR) is 57.4 cm³/mol. The number of nitrogens with zero attached hydrogens (tertiary/aromatic N) is 1. The zero-order valence-electron chi connectivity index (χ0n) is 9.58. The molecule has 0 aromatic heterocycles. The second-order valence-electron chi connectivity index (χ2n) is 3.31. The van der Waals surface area contributed by atoms with E-state index in [9.17, 15) is 0 Å². The van der Waals surface area contributed by atoms with Crippen LogP contribution in [-0.4, -0.2) is 31.4 Å². The number of hydrogen-bond donors (Lipinski definition) is 1. The predicted octanol–water partition coefficient (Wildman–Crippen LogP) is 1.33. The van der Waals surface area contributed by atoms with Crippen LogP contribution in [0.25, 0.3) is 0 Å². The Morgan fingerprint density at radius 2 is 1.46 bits per heavy atom. The number of hydrogen-bond acceptors (Lipinski definition) is 2. The Labute approximate surface area is 82.3 Å². The van der Waals surface area contributed by atoms with E-state index in [1.165, 1.54) is 13.1 Å². The van der Waals surface area contributed by atoms with Gasteiger partial charge in [-0.2, -0.15) is 0 Å². The molecule has 2 unspecified atom stereocenters. The normalized spacial score (nSPS) is 26.5. The molecule has 13 heavy (non-hydrogen) atoms. The molecule has 2 atom stereocenters. The molecule has 0 aromatic carbocycles. The Morgan fingerprint density at radius 1 is 1.23 bits per heavy atom. The van der Waals surface area contributed by atoms with Crippen molar-refractivity contribution in [2.24, 2.45) is 17.6 Å². The molecule has 0 bridgehead atoms. The highest BCUT2D eigenvalue weighted by Crippen LogP contribution is 2.19. The van der Waals surface area contributed by atoms with Crippen molar-refractivity contribution in [3.63, 3.8) is 0 Å². The quantitative estimate of drug-likeness (QED) is 0.583. The van der Waals surface area contributed by atoms with Crippen LogP contribution in [0.4, 0.5) is 0 Å². The molecule has 1 amide bonds. The number of rotatable bonds is 0. The molecule has 0 aromatic rings. The fourth-order valence-electron chi connectivity index (χ4n) is 1.42. The van der Waals surface area contributed by atoms with Gasteiger partial charge in [-0.1, -0.05) is 27.7 Å². The molecule has 1 heterocycles. The maximum atomic E-state index is 8.58. The zero-order chi connectivity index (χ0) is 10.9. The summed E-state index contributed by atoms with van der Waals surface area (Å²) in [5, 5.41) is 0. The lowest BCUT2D eigenvalue weighted by Crippen LogP contribution is -2.13. The number of likely N-dealkylation sites (tertiary alicyclic amines) is 1. The molecular weight excluding hydrogens is 164 g/mol. The number of amides is 1. The van der Waals surface area contributed by atoms with Crippen molar-refractivity contribution in [3.05, 3.63) is 0 Å². The highest BCUT2D eigenvalue weighted by atomic mass is 16.1. The summed E-state index contributed by atoms with van der Waals surface area (Å²) in [7, 11) is 2.19. The number of carbonyl (C=O) groups excluding carboxylic acids is 1. The van der Waals surface area contributed by atoms with Gasteiger partial charge >= 0.3 is 0 Å². The summed E-state index contributed by atoms with van der Waals surface area (Å²) in [5.74, 6) is 1.83. The van der Waals surface area contributed by atoms with Crippen LogP contribution < -0.4 is 5.73 Å². The number of nitrogens with two attached hydrogens (primary N) is 1. The lowest BCUT2D eigenvalue weighted by Gasteiger charge is -2.03. The lowest BCUT2D eigenvalue weighted by atomic mass is 10.0. The molecule has 0 radical (unpaired) electrons. The third kappa shape index (κ3) is 7.78. The summed E-state index contributed by atoms with van der Waals surface area (Å²) >= 11 is 0. The molecule has 0 spiro atoms. The standard InChI is InChI=1S/C7H15N.C2H6.CH3NO/c1-6-4-8(3)5-7(6)2;1-2;2-1-3/h6-7H,4-5H2,1-3H3;1-2H3;1H,(H2,2,3). The molecular formula is C10H24N2O. The van der Waals surface area contributed by atoms with Crippen LogP contribution in [0, 0.1) is 11.8 Å². The zero-order valence-corrected chi connectivity index (χ0v) is 9.58. The van der Waals surface area contributed by atoms with E-state index in [1.807, 2.05) is 13.8 Å². The van der Waals surface area contributed by atoms with Crippen LogP contribution in [0.15, 0.2) is 0 Å². The van der Waals surface area contributed by atoms with Gasteiger partial charge in [0, 0.05) is 13.1 Å². The van der Waals surface area contributed by atoms with E-state index in [4.69, 9.17) is 4.79 Å². The number of carbonyl (C=O) groups is 1. The molecule has 1 saturated heterocycles. The Bertz CT molecular complexity index is 107. The Hall–Kier alpha value is -0.570. The first-order valence-corrected chi connectivity index (χ1v) is 4.95. The van der Waals surface area contributed by atoms with Crippen LogP contribution in [0.1, 0.15) is 27.7 Å². The Balaban J connectivity index is 0. The molecule has 1 aliphatic heterocycles. The summed E-state index contributed by atoms with van der Waals surface area (Å²) in [6.07, 6.45) is 0.250. The van der Waals surface area contributed by atoms with Crippen LogP contribution in [0.3, 0.4) is 0 Å². The fraction of sp³-hybridized carbons (Fsp3) is 0.900. The van der Waals surface area contributed by atoms with Crippen LogP contribution >= 0.6 is 0 Å². The summed E-state index contributed by atoms with van der Waals surface area (Å²) in [6, 6.07) is 0. The third-order valence-electron chi connectivity index (χ3n) is 2.17. The van der Waals surface area contributed by atoms with Gasteiger partial charge < -0.3 is 10.6 Å². The van der Waals surface area contributed by atoms with Gasteiger partial charge in [0.15, 0.2) is 0 Å². The average Bonchev–Trinajstić information content (AvgIpc) is 2.35. The average molecular weight is 188 g/mol. The maximum Gasteiger partial charge on any atom is 0.204 e. The maximum absolute atomic E-state index is 8.58. The van der Waals surface area contributed by atoms with Gasteiger partial charge in [0.05, 0.1) is 0 Å². The Morgan fingerprint density at radius 3 is 1.54 bits per heavy atom. The molecule has 80 valence electrons. The van der Waals surface area contributed by atoms with Crippen LogP contribution in [0.2, 0.25) is 0 Å². The van der Waals surface area contributed by atoms with E-state index < -0.39 is 0 Å². The Kier molecular flexibility index (Phi) is 10.9. The van der Waals surface area contributed by atoms with Crippen molar-refractivity contribution in [2.45, 2.75) is 27.7 Å². The van der Waals surface area contributed by atoms with Gasteiger partial charge in [0.1, 0.15) is 0 Å². The first-order valence-electron chi connectivity index (χ1n) is 4.95. The van der Waals surface area contributed by atoms with E-state index in [2.05, 4.69) is 31.5 Å². The summed E-state index contributed by atoms with van der Waals surface area (Å²) in [5.41, 5.74) is 4.17. The SMILES string of the molecule is CC.CC1CN(C)CC1C.NC=O. The minimum absolute atomic E-state index is 0.250.